The maximum Gasteiger partial charge on any atom is 0.254 e. The quantitative estimate of drug-likeness (QED) is 0.840. The number of hydrogen-bond acceptors (Lipinski definition) is 3. The SMILES string of the molecule is COc1cccc(C(=O)NCC2(O)CCCCCC2)c1F. The summed E-state index contributed by atoms with van der Waals surface area (Å²) in [7, 11) is 1.36. The fourth-order valence-corrected chi connectivity index (χ4v) is 2.75. The third kappa shape index (κ3) is 3.94. The molecule has 1 aliphatic rings. The van der Waals surface area contributed by atoms with Gasteiger partial charge in [-0.2, -0.15) is 0 Å². The zero-order valence-electron chi connectivity index (χ0n) is 12.3. The molecule has 1 saturated carbocycles. The van der Waals surface area contributed by atoms with Crippen molar-refractivity contribution in [2.24, 2.45) is 0 Å². The Morgan fingerprint density at radius 2 is 2.00 bits per heavy atom. The average Bonchev–Trinajstić information content (AvgIpc) is 2.70. The van der Waals surface area contributed by atoms with Crippen molar-refractivity contribution in [3.63, 3.8) is 0 Å². The van der Waals surface area contributed by atoms with Gasteiger partial charge in [-0.3, -0.25) is 4.79 Å². The molecule has 2 rings (SSSR count). The van der Waals surface area contributed by atoms with Gasteiger partial charge in [0.05, 0.1) is 18.3 Å². The summed E-state index contributed by atoms with van der Waals surface area (Å²) in [6, 6.07) is 4.44. The van der Waals surface area contributed by atoms with Crippen LogP contribution in [0.5, 0.6) is 5.75 Å². The molecule has 0 spiro atoms. The number of carbonyl (C=O) groups is 1. The summed E-state index contributed by atoms with van der Waals surface area (Å²) >= 11 is 0. The molecule has 0 radical (unpaired) electrons. The van der Waals surface area contributed by atoms with E-state index in [9.17, 15) is 14.3 Å². The summed E-state index contributed by atoms with van der Waals surface area (Å²) in [5.74, 6) is -1.16. The van der Waals surface area contributed by atoms with Gasteiger partial charge >= 0.3 is 0 Å². The Bertz CT molecular complexity index is 496. The number of ether oxygens (including phenoxy) is 1. The molecule has 1 aromatic carbocycles. The fraction of sp³-hybridized carbons (Fsp3) is 0.562. The molecular formula is C16H22FNO3. The van der Waals surface area contributed by atoms with Crippen molar-refractivity contribution < 1.29 is 19.0 Å². The van der Waals surface area contributed by atoms with Crippen molar-refractivity contribution in [2.45, 2.75) is 44.1 Å². The number of halogens is 1. The number of rotatable bonds is 4. The van der Waals surface area contributed by atoms with Gasteiger partial charge in [0.1, 0.15) is 0 Å². The fourth-order valence-electron chi connectivity index (χ4n) is 2.75. The highest BCUT2D eigenvalue weighted by Gasteiger charge is 2.29. The highest BCUT2D eigenvalue weighted by Crippen LogP contribution is 2.26. The smallest absolute Gasteiger partial charge is 0.254 e. The molecule has 4 nitrogen and oxygen atoms in total. The van der Waals surface area contributed by atoms with E-state index in [1.807, 2.05) is 0 Å². The third-order valence-corrected chi connectivity index (χ3v) is 4.04. The van der Waals surface area contributed by atoms with Gasteiger partial charge in [-0.15, -0.1) is 0 Å². The summed E-state index contributed by atoms with van der Waals surface area (Å²) in [6.45, 7) is 0.155. The van der Waals surface area contributed by atoms with Gasteiger partial charge in [0, 0.05) is 6.54 Å². The van der Waals surface area contributed by atoms with Crippen LogP contribution in [0.4, 0.5) is 4.39 Å². The van der Waals surface area contributed by atoms with Crippen LogP contribution in [0.2, 0.25) is 0 Å². The molecule has 0 atom stereocenters. The normalized spacial score (nSPS) is 17.9. The molecule has 0 unspecified atom stereocenters. The number of aliphatic hydroxyl groups is 1. The molecule has 0 aromatic heterocycles. The number of amides is 1. The number of hydrogen-bond donors (Lipinski definition) is 2. The highest BCUT2D eigenvalue weighted by atomic mass is 19.1. The van der Waals surface area contributed by atoms with Crippen molar-refractivity contribution in [2.75, 3.05) is 13.7 Å². The van der Waals surface area contributed by atoms with E-state index in [4.69, 9.17) is 4.74 Å². The van der Waals surface area contributed by atoms with Gasteiger partial charge in [0.25, 0.3) is 5.91 Å². The van der Waals surface area contributed by atoms with Crippen molar-refractivity contribution in [3.8, 4) is 5.75 Å². The maximum atomic E-state index is 14.0. The van der Waals surface area contributed by atoms with Gasteiger partial charge in [0.2, 0.25) is 0 Å². The number of carbonyl (C=O) groups excluding carboxylic acids is 1. The lowest BCUT2D eigenvalue weighted by Crippen LogP contribution is -2.42. The molecule has 0 aliphatic heterocycles. The molecule has 1 fully saturated rings. The second-order valence-corrected chi connectivity index (χ2v) is 5.64. The first-order valence-corrected chi connectivity index (χ1v) is 7.39. The van der Waals surface area contributed by atoms with Gasteiger partial charge < -0.3 is 15.2 Å². The minimum absolute atomic E-state index is 0.0378. The first kappa shape index (κ1) is 15.8. The van der Waals surface area contributed by atoms with E-state index in [-0.39, 0.29) is 17.9 Å². The number of benzene rings is 1. The molecular weight excluding hydrogens is 273 g/mol. The predicted molar refractivity (Wildman–Crippen MR) is 77.9 cm³/mol. The molecule has 0 saturated heterocycles. The number of nitrogens with one attached hydrogen (secondary N) is 1. The van der Waals surface area contributed by atoms with E-state index in [1.165, 1.54) is 19.2 Å². The minimum Gasteiger partial charge on any atom is -0.494 e. The molecule has 1 amide bonds. The van der Waals surface area contributed by atoms with Crippen molar-refractivity contribution in [1.82, 2.24) is 5.32 Å². The van der Waals surface area contributed by atoms with Crippen molar-refractivity contribution in [3.05, 3.63) is 29.6 Å². The molecule has 2 N–H and O–H groups in total. The topological polar surface area (TPSA) is 58.6 Å². The van der Waals surface area contributed by atoms with Crippen molar-refractivity contribution in [1.29, 1.82) is 0 Å². The van der Waals surface area contributed by atoms with Crippen LogP contribution in [0.15, 0.2) is 18.2 Å². The van der Waals surface area contributed by atoms with E-state index in [0.717, 1.165) is 25.7 Å². The van der Waals surface area contributed by atoms with E-state index < -0.39 is 17.3 Å². The van der Waals surface area contributed by atoms with Crippen LogP contribution in [0.25, 0.3) is 0 Å². The predicted octanol–water partition coefficient (Wildman–Crippen LogP) is 2.65. The molecule has 5 heteroatoms. The van der Waals surface area contributed by atoms with Crippen LogP contribution < -0.4 is 10.1 Å². The van der Waals surface area contributed by atoms with Gasteiger partial charge in [-0.05, 0) is 25.0 Å². The van der Waals surface area contributed by atoms with Gasteiger partial charge in [-0.25, -0.2) is 4.39 Å². The molecule has 0 heterocycles. The monoisotopic (exact) mass is 295 g/mol. The summed E-state index contributed by atoms with van der Waals surface area (Å²) in [5, 5.41) is 13.1. The van der Waals surface area contributed by atoms with E-state index in [1.54, 1.807) is 6.07 Å². The van der Waals surface area contributed by atoms with Crippen LogP contribution in [-0.4, -0.2) is 30.3 Å². The second kappa shape index (κ2) is 6.89. The Hall–Kier alpha value is -1.62. The zero-order valence-corrected chi connectivity index (χ0v) is 12.3. The highest BCUT2D eigenvalue weighted by molar-refractivity contribution is 5.94. The maximum absolute atomic E-state index is 14.0. The standard InChI is InChI=1S/C16H22FNO3/c1-21-13-8-6-7-12(14(13)17)15(19)18-11-16(20)9-4-2-3-5-10-16/h6-8,20H,2-5,9-11H2,1H3,(H,18,19). The lowest BCUT2D eigenvalue weighted by molar-refractivity contribution is 0.0246. The summed E-state index contributed by atoms with van der Waals surface area (Å²) in [5.41, 5.74) is -0.937. The molecule has 21 heavy (non-hydrogen) atoms. The Morgan fingerprint density at radius 3 is 2.62 bits per heavy atom. The minimum atomic E-state index is -0.874. The van der Waals surface area contributed by atoms with E-state index in [0.29, 0.717) is 12.8 Å². The van der Waals surface area contributed by atoms with Gasteiger partial charge in [0.15, 0.2) is 11.6 Å². The van der Waals surface area contributed by atoms with Crippen LogP contribution in [0, 0.1) is 5.82 Å². The van der Waals surface area contributed by atoms with E-state index in [2.05, 4.69) is 5.32 Å². The largest absolute Gasteiger partial charge is 0.494 e. The Labute approximate surface area is 124 Å². The average molecular weight is 295 g/mol. The lowest BCUT2D eigenvalue weighted by atomic mass is 9.94. The summed E-state index contributed by atoms with van der Waals surface area (Å²) in [6.07, 6.45) is 5.49. The summed E-state index contributed by atoms with van der Waals surface area (Å²) < 4.78 is 18.9. The lowest BCUT2D eigenvalue weighted by Gasteiger charge is -2.26. The number of methoxy groups -OCH3 is 1. The van der Waals surface area contributed by atoms with E-state index >= 15 is 0 Å². The molecule has 0 bridgehead atoms. The third-order valence-electron chi connectivity index (χ3n) is 4.04. The van der Waals surface area contributed by atoms with Crippen LogP contribution in [0.3, 0.4) is 0 Å². The van der Waals surface area contributed by atoms with Crippen LogP contribution >= 0.6 is 0 Å². The van der Waals surface area contributed by atoms with Crippen LogP contribution in [-0.2, 0) is 0 Å². The van der Waals surface area contributed by atoms with Gasteiger partial charge in [-0.1, -0.05) is 31.7 Å². The first-order valence-electron chi connectivity index (χ1n) is 7.39. The Morgan fingerprint density at radius 1 is 1.33 bits per heavy atom. The summed E-state index contributed by atoms with van der Waals surface area (Å²) in [4.78, 5) is 12.1. The Kier molecular flexibility index (Phi) is 5.17. The molecule has 116 valence electrons. The van der Waals surface area contributed by atoms with Crippen molar-refractivity contribution >= 4 is 5.91 Å². The first-order chi connectivity index (χ1) is 10.1. The van der Waals surface area contributed by atoms with Crippen LogP contribution in [0.1, 0.15) is 48.9 Å². The Balaban J connectivity index is 2.01. The molecule has 1 aliphatic carbocycles. The second-order valence-electron chi connectivity index (χ2n) is 5.64. The zero-order chi connectivity index (χ0) is 15.3. The molecule has 1 aromatic rings.